The topological polar surface area (TPSA) is 61.2 Å². The van der Waals surface area contributed by atoms with E-state index in [9.17, 15) is 9.59 Å². The minimum absolute atomic E-state index is 0.0252. The van der Waals surface area contributed by atoms with Crippen molar-refractivity contribution in [2.75, 3.05) is 6.61 Å². The Labute approximate surface area is 118 Å². The largest absolute Gasteiger partial charge is 0.462 e. The Morgan fingerprint density at radius 3 is 2.89 bits per heavy atom. The van der Waals surface area contributed by atoms with E-state index in [1.165, 1.54) is 0 Å². The number of nitrogens with zero attached hydrogens (tertiary/aromatic N) is 2. The van der Waals surface area contributed by atoms with Gasteiger partial charge in [0.15, 0.2) is 5.78 Å². The number of esters is 1. The minimum Gasteiger partial charge on any atom is -0.462 e. The number of Topliss-reactive ketones (excluding diaryl/α,β-unsaturated/α-hetero) is 1. The SMILES string of the molecule is CCOC(=O)c1c(I)nn2c1C(=O)CC1(CC1)C2. The van der Waals surface area contributed by atoms with Gasteiger partial charge in [-0.15, -0.1) is 0 Å². The molecule has 96 valence electrons. The summed E-state index contributed by atoms with van der Waals surface area (Å²) >= 11 is 1.99. The summed E-state index contributed by atoms with van der Waals surface area (Å²) in [5, 5.41) is 4.32. The number of rotatable bonds is 2. The molecule has 0 amide bonds. The highest BCUT2D eigenvalue weighted by Crippen LogP contribution is 2.53. The summed E-state index contributed by atoms with van der Waals surface area (Å²) in [6, 6.07) is 0. The van der Waals surface area contributed by atoms with Gasteiger partial charge in [-0.2, -0.15) is 5.10 Å². The highest BCUT2D eigenvalue weighted by molar-refractivity contribution is 14.1. The third-order valence-electron chi connectivity index (χ3n) is 3.63. The van der Waals surface area contributed by atoms with Gasteiger partial charge in [-0.25, -0.2) is 4.79 Å². The summed E-state index contributed by atoms with van der Waals surface area (Å²) in [7, 11) is 0. The molecule has 0 atom stereocenters. The molecule has 0 aromatic carbocycles. The fraction of sp³-hybridized carbons (Fsp3) is 0.583. The van der Waals surface area contributed by atoms with Gasteiger partial charge in [-0.1, -0.05) is 0 Å². The van der Waals surface area contributed by atoms with Gasteiger partial charge in [-0.05, 0) is 47.8 Å². The van der Waals surface area contributed by atoms with E-state index in [4.69, 9.17) is 4.74 Å². The molecular weight excluding hydrogens is 347 g/mol. The third kappa shape index (κ3) is 1.77. The van der Waals surface area contributed by atoms with Crippen molar-refractivity contribution < 1.29 is 14.3 Å². The maximum atomic E-state index is 12.2. The molecule has 1 saturated carbocycles. The van der Waals surface area contributed by atoms with E-state index in [-0.39, 0.29) is 11.2 Å². The van der Waals surface area contributed by atoms with Crippen LogP contribution in [0.1, 0.15) is 47.0 Å². The first kappa shape index (κ1) is 12.1. The average molecular weight is 360 g/mol. The maximum Gasteiger partial charge on any atom is 0.343 e. The van der Waals surface area contributed by atoms with E-state index < -0.39 is 5.97 Å². The lowest BCUT2D eigenvalue weighted by atomic mass is 9.93. The lowest BCUT2D eigenvalue weighted by Gasteiger charge is -2.21. The van der Waals surface area contributed by atoms with Crippen molar-refractivity contribution in [3.05, 3.63) is 15.0 Å². The van der Waals surface area contributed by atoms with E-state index in [0.29, 0.717) is 28.0 Å². The zero-order chi connectivity index (χ0) is 12.9. The molecule has 1 aliphatic carbocycles. The van der Waals surface area contributed by atoms with Gasteiger partial charge in [0.05, 0.1) is 6.61 Å². The first-order valence-electron chi connectivity index (χ1n) is 6.03. The molecule has 0 radical (unpaired) electrons. The van der Waals surface area contributed by atoms with Crippen molar-refractivity contribution in [3.8, 4) is 0 Å². The molecule has 1 spiro atoms. The fourth-order valence-electron chi connectivity index (χ4n) is 2.52. The predicted molar refractivity (Wildman–Crippen MR) is 71.5 cm³/mol. The summed E-state index contributed by atoms with van der Waals surface area (Å²) < 4.78 is 7.26. The van der Waals surface area contributed by atoms with Gasteiger partial charge in [0, 0.05) is 13.0 Å². The highest BCUT2D eigenvalue weighted by atomic mass is 127. The zero-order valence-electron chi connectivity index (χ0n) is 10.0. The lowest BCUT2D eigenvalue weighted by molar-refractivity contribution is 0.0520. The van der Waals surface area contributed by atoms with Gasteiger partial charge in [-0.3, -0.25) is 9.48 Å². The highest BCUT2D eigenvalue weighted by Gasteiger charge is 2.50. The van der Waals surface area contributed by atoms with Crippen LogP contribution in [-0.4, -0.2) is 28.1 Å². The van der Waals surface area contributed by atoms with Crippen molar-refractivity contribution in [3.63, 3.8) is 0 Å². The van der Waals surface area contributed by atoms with E-state index in [1.54, 1.807) is 11.6 Å². The summed E-state index contributed by atoms with van der Waals surface area (Å²) in [5.74, 6) is -0.416. The molecule has 2 aliphatic rings. The molecule has 5 nitrogen and oxygen atoms in total. The maximum absolute atomic E-state index is 12.2. The molecular formula is C12H13IN2O3. The normalized spacial score (nSPS) is 19.8. The second-order valence-electron chi connectivity index (χ2n) is 4.99. The summed E-state index contributed by atoms with van der Waals surface area (Å²) in [4.78, 5) is 24.1. The number of hydrogen-bond acceptors (Lipinski definition) is 4. The van der Waals surface area contributed by atoms with Gasteiger partial charge >= 0.3 is 5.97 Å². The van der Waals surface area contributed by atoms with Crippen LogP contribution in [0, 0.1) is 9.12 Å². The Morgan fingerprint density at radius 1 is 1.56 bits per heavy atom. The Bertz CT molecular complexity index is 546. The van der Waals surface area contributed by atoms with Crippen molar-refractivity contribution in [1.82, 2.24) is 9.78 Å². The number of carbonyl (C=O) groups excluding carboxylic acids is 2. The van der Waals surface area contributed by atoms with Crippen molar-refractivity contribution in [1.29, 1.82) is 0 Å². The smallest absolute Gasteiger partial charge is 0.343 e. The number of carbonyl (C=O) groups is 2. The Kier molecular flexibility index (Phi) is 2.72. The van der Waals surface area contributed by atoms with E-state index in [1.807, 2.05) is 22.6 Å². The number of aromatic nitrogens is 2. The molecule has 1 fully saturated rings. The van der Waals surface area contributed by atoms with Gasteiger partial charge < -0.3 is 4.74 Å². The first-order chi connectivity index (χ1) is 8.56. The molecule has 2 heterocycles. The average Bonchev–Trinajstić information content (AvgIpc) is 2.92. The minimum atomic E-state index is -0.441. The number of fused-ring (bicyclic) bond motifs is 1. The van der Waals surface area contributed by atoms with Crippen LogP contribution in [0.5, 0.6) is 0 Å². The zero-order valence-corrected chi connectivity index (χ0v) is 12.2. The van der Waals surface area contributed by atoms with E-state index in [0.717, 1.165) is 19.4 Å². The second kappa shape index (κ2) is 4.04. The second-order valence-corrected chi connectivity index (χ2v) is 6.01. The Hall–Kier alpha value is -0.920. The molecule has 0 N–H and O–H groups in total. The first-order valence-corrected chi connectivity index (χ1v) is 7.11. The fourth-order valence-corrected chi connectivity index (χ4v) is 3.26. The lowest BCUT2D eigenvalue weighted by Crippen LogP contribution is -2.28. The Balaban J connectivity index is 2.04. The van der Waals surface area contributed by atoms with Gasteiger partial charge in [0.2, 0.25) is 0 Å². The molecule has 1 aromatic heterocycles. The van der Waals surface area contributed by atoms with E-state index in [2.05, 4.69) is 5.10 Å². The van der Waals surface area contributed by atoms with Crippen molar-refractivity contribution >= 4 is 34.3 Å². The van der Waals surface area contributed by atoms with Crippen LogP contribution in [-0.2, 0) is 11.3 Å². The van der Waals surface area contributed by atoms with Crippen LogP contribution in [0.25, 0.3) is 0 Å². The van der Waals surface area contributed by atoms with Gasteiger partial charge in [0.1, 0.15) is 15.0 Å². The summed E-state index contributed by atoms with van der Waals surface area (Å²) in [6.45, 7) is 2.81. The molecule has 1 aliphatic heterocycles. The Morgan fingerprint density at radius 2 is 2.28 bits per heavy atom. The predicted octanol–water partition coefficient (Wildman–Crippen LogP) is 2.03. The van der Waals surface area contributed by atoms with E-state index >= 15 is 0 Å². The van der Waals surface area contributed by atoms with Crippen molar-refractivity contribution in [2.45, 2.75) is 32.7 Å². The third-order valence-corrected chi connectivity index (χ3v) is 4.39. The molecule has 0 bridgehead atoms. The molecule has 6 heteroatoms. The van der Waals surface area contributed by atoms with Crippen LogP contribution in [0.3, 0.4) is 0 Å². The van der Waals surface area contributed by atoms with Crippen LogP contribution in [0.2, 0.25) is 0 Å². The number of ether oxygens (including phenoxy) is 1. The number of hydrogen-bond donors (Lipinski definition) is 0. The summed E-state index contributed by atoms with van der Waals surface area (Å²) in [5.41, 5.74) is 0.916. The van der Waals surface area contributed by atoms with Gasteiger partial charge in [0.25, 0.3) is 0 Å². The molecule has 18 heavy (non-hydrogen) atoms. The van der Waals surface area contributed by atoms with Crippen LogP contribution >= 0.6 is 22.6 Å². The number of ketones is 1. The van der Waals surface area contributed by atoms with Crippen molar-refractivity contribution in [2.24, 2.45) is 5.41 Å². The quantitative estimate of drug-likeness (QED) is 0.598. The summed E-state index contributed by atoms with van der Waals surface area (Å²) in [6.07, 6.45) is 2.72. The molecule has 1 aromatic rings. The van der Waals surface area contributed by atoms with Crippen LogP contribution in [0.15, 0.2) is 0 Å². The van der Waals surface area contributed by atoms with Crippen LogP contribution in [0.4, 0.5) is 0 Å². The molecule has 0 unspecified atom stereocenters. The molecule has 0 saturated heterocycles. The monoisotopic (exact) mass is 360 g/mol. The molecule has 3 rings (SSSR count). The standard InChI is InChI=1S/C12H13IN2O3/c1-2-18-11(17)8-9-7(16)5-12(3-4-12)6-15(9)14-10(8)13/h2-6H2,1H3. The number of halogens is 1. The van der Waals surface area contributed by atoms with Crippen LogP contribution < -0.4 is 0 Å².